The lowest BCUT2D eigenvalue weighted by Crippen LogP contribution is -2.33. The summed E-state index contributed by atoms with van der Waals surface area (Å²) in [5, 5.41) is 14.7. The van der Waals surface area contributed by atoms with Crippen LogP contribution in [0.1, 0.15) is 34.3 Å². The third-order valence-electron chi connectivity index (χ3n) is 5.30. The number of thiazole rings is 1. The van der Waals surface area contributed by atoms with Crippen LogP contribution < -0.4 is 5.32 Å². The number of likely N-dealkylation sites (tertiary alicyclic amines) is 1. The fourth-order valence-corrected chi connectivity index (χ4v) is 4.58. The first-order chi connectivity index (χ1) is 11.8. The molecule has 3 aliphatic rings. The van der Waals surface area contributed by atoms with Gasteiger partial charge in [0, 0.05) is 43.7 Å². The van der Waals surface area contributed by atoms with Crippen LogP contribution in [0.15, 0.2) is 11.6 Å². The fourth-order valence-electron chi connectivity index (χ4n) is 3.92. The molecule has 1 saturated carbocycles. The number of aromatic nitrogens is 4. The minimum atomic E-state index is -0.0626. The number of nitrogens with zero attached hydrogens (tertiary/aromatic N) is 5. The Labute approximate surface area is 144 Å². The van der Waals surface area contributed by atoms with Gasteiger partial charge in [-0.05, 0) is 24.7 Å². The first kappa shape index (κ1) is 14.5. The second kappa shape index (κ2) is 5.63. The summed E-state index contributed by atoms with van der Waals surface area (Å²) >= 11 is 1.72. The van der Waals surface area contributed by atoms with E-state index >= 15 is 0 Å². The Morgan fingerprint density at radius 1 is 1.25 bits per heavy atom. The Morgan fingerprint density at radius 2 is 2.12 bits per heavy atom. The number of carbonyl (C=O) groups excluding carboxylic acids is 1. The summed E-state index contributed by atoms with van der Waals surface area (Å²) in [6.07, 6.45) is 4.96. The largest absolute Gasteiger partial charge is 0.347 e. The Hall–Kier alpha value is -1.80. The van der Waals surface area contributed by atoms with Crippen molar-refractivity contribution >= 4 is 17.2 Å². The summed E-state index contributed by atoms with van der Waals surface area (Å²) in [5.41, 5.74) is 0. The number of amides is 1. The maximum atomic E-state index is 12.3. The molecular weight excluding hydrogens is 324 g/mol. The fraction of sp³-hybridized carbons (Fsp3) is 0.625. The molecule has 4 heterocycles. The molecule has 2 aromatic rings. The Morgan fingerprint density at radius 3 is 2.92 bits per heavy atom. The van der Waals surface area contributed by atoms with Crippen molar-refractivity contribution in [2.45, 2.75) is 38.4 Å². The summed E-state index contributed by atoms with van der Waals surface area (Å²) in [6, 6.07) is 0.349. The molecule has 8 heteroatoms. The Balaban J connectivity index is 1.30. The van der Waals surface area contributed by atoms with Crippen LogP contribution in [-0.4, -0.2) is 49.7 Å². The lowest BCUT2D eigenvalue weighted by Gasteiger charge is -2.25. The molecule has 2 atom stereocenters. The van der Waals surface area contributed by atoms with E-state index < -0.39 is 0 Å². The first-order valence-corrected chi connectivity index (χ1v) is 9.48. The van der Waals surface area contributed by atoms with Crippen LogP contribution >= 0.6 is 11.3 Å². The van der Waals surface area contributed by atoms with Crippen molar-refractivity contribution in [3.63, 3.8) is 0 Å². The normalized spacial score (nSPS) is 26.2. The first-order valence-electron chi connectivity index (χ1n) is 8.60. The number of carbonyl (C=O) groups is 1. The van der Waals surface area contributed by atoms with Gasteiger partial charge in [-0.3, -0.25) is 9.69 Å². The smallest absolute Gasteiger partial charge is 0.289 e. The molecule has 1 N–H and O–H groups in total. The van der Waals surface area contributed by atoms with E-state index in [1.165, 1.54) is 5.01 Å². The van der Waals surface area contributed by atoms with E-state index in [1.807, 2.05) is 16.1 Å². The molecule has 5 rings (SSSR count). The van der Waals surface area contributed by atoms with Crippen molar-refractivity contribution < 1.29 is 4.79 Å². The molecule has 7 nitrogen and oxygen atoms in total. The third kappa shape index (κ3) is 2.63. The van der Waals surface area contributed by atoms with Crippen molar-refractivity contribution in [3.8, 4) is 0 Å². The lowest BCUT2D eigenvalue weighted by atomic mass is 9.89. The van der Waals surface area contributed by atoms with Crippen molar-refractivity contribution in [3.05, 3.63) is 28.2 Å². The van der Waals surface area contributed by atoms with E-state index in [0.717, 1.165) is 51.3 Å². The van der Waals surface area contributed by atoms with Gasteiger partial charge in [-0.15, -0.1) is 21.5 Å². The van der Waals surface area contributed by atoms with Crippen LogP contribution in [0.3, 0.4) is 0 Å². The zero-order chi connectivity index (χ0) is 16.1. The summed E-state index contributed by atoms with van der Waals surface area (Å²) in [7, 11) is 0. The van der Waals surface area contributed by atoms with E-state index in [0.29, 0.717) is 23.7 Å². The predicted octanol–water partition coefficient (Wildman–Crippen LogP) is 0.931. The third-order valence-corrected chi connectivity index (χ3v) is 6.06. The highest BCUT2D eigenvalue weighted by Gasteiger charge is 2.39. The Kier molecular flexibility index (Phi) is 3.41. The van der Waals surface area contributed by atoms with Crippen LogP contribution in [0, 0.1) is 11.8 Å². The molecule has 0 bridgehead atoms. The van der Waals surface area contributed by atoms with Gasteiger partial charge < -0.3 is 9.88 Å². The van der Waals surface area contributed by atoms with Crippen molar-refractivity contribution in [2.75, 3.05) is 13.1 Å². The highest BCUT2D eigenvalue weighted by Crippen LogP contribution is 2.33. The van der Waals surface area contributed by atoms with E-state index in [2.05, 4.69) is 25.4 Å². The SMILES string of the molecule is O=C(NC1CC1)c1nnc2n1C[C@H]1CN(Cc3nccs3)C[C@H]1C2. The van der Waals surface area contributed by atoms with Crippen molar-refractivity contribution in [1.29, 1.82) is 0 Å². The molecule has 0 radical (unpaired) electrons. The highest BCUT2D eigenvalue weighted by atomic mass is 32.1. The number of rotatable bonds is 4. The molecule has 24 heavy (non-hydrogen) atoms. The predicted molar refractivity (Wildman–Crippen MR) is 88.6 cm³/mol. The van der Waals surface area contributed by atoms with Crippen LogP contribution in [0.2, 0.25) is 0 Å². The standard InChI is InChI=1S/C16H20N6OS/c23-16(18-12-1-2-12)15-20-19-13-5-10-6-21(7-11(10)8-22(13)15)9-14-17-3-4-24-14/h3-4,10-12H,1-2,5-9H2,(H,18,23)/t10-,11-/m1/s1. The van der Waals surface area contributed by atoms with Gasteiger partial charge >= 0.3 is 0 Å². The highest BCUT2D eigenvalue weighted by molar-refractivity contribution is 7.09. The average molecular weight is 344 g/mol. The summed E-state index contributed by atoms with van der Waals surface area (Å²) in [5.74, 6) is 2.58. The monoisotopic (exact) mass is 344 g/mol. The zero-order valence-electron chi connectivity index (χ0n) is 13.4. The molecule has 0 aromatic carbocycles. The molecule has 1 saturated heterocycles. The van der Waals surface area contributed by atoms with Gasteiger partial charge in [0.1, 0.15) is 10.8 Å². The van der Waals surface area contributed by atoms with E-state index in [-0.39, 0.29) is 5.91 Å². The van der Waals surface area contributed by atoms with Gasteiger partial charge in [-0.1, -0.05) is 0 Å². The minimum absolute atomic E-state index is 0.0626. The average Bonchev–Trinajstić information content (AvgIpc) is 2.99. The van der Waals surface area contributed by atoms with Gasteiger partial charge in [-0.2, -0.15) is 0 Å². The van der Waals surface area contributed by atoms with E-state index in [1.54, 1.807) is 11.3 Å². The molecule has 1 aliphatic carbocycles. The van der Waals surface area contributed by atoms with Gasteiger partial charge in [0.05, 0.1) is 6.54 Å². The second-order valence-electron chi connectivity index (χ2n) is 7.14. The summed E-state index contributed by atoms with van der Waals surface area (Å²) in [6.45, 7) is 3.93. The maximum Gasteiger partial charge on any atom is 0.289 e. The van der Waals surface area contributed by atoms with Gasteiger partial charge in [-0.25, -0.2) is 4.98 Å². The van der Waals surface area contributed by atoms with Crippen LogP contribution in [0.4, 0.5) is 0 Å². The van der Waals surface area contributed by atoms with Crippen molar-refractivity contribution in [2.24, 2.45) is 11.8 Å². The molecule has 126 valence electrons. The zero-order valence-corrected chi connectivity index (χ0v) is 14.2. The Bertz CT molecular complexity index is 753. The molecule has 2 aromatic heterocycles. The summed E-state index contributed by atoms with van der Waals surface area (Å²) in [4.78, 5) is 19.2. The van der Waals surface area contributed by atoms with Crippen molar-refractivity contribution in [1.82, 2.24) is 30.0 Å². The van der Waals surface area contributed by atoms with Gasteiger partial charge in [0.15, 0.2) is 0 Å². The number of hydrogen-bond acceptors (Lipinski definition) is 6. The second-order valence-corrected chi connectivity index (χ2v) is 8.12. The van der Waals surface area contributed by atoms with Gasteiger partial charge in [0.2, 0.25) is 5.82 Å². The summed E-state index contributed by atoms with van der Waals surface area (Å²) < 4.78 is 2.05. The number of hydrogen-bond donors (Lipinski definition) is 1. The minimum Gasteiger partial charge on any atom is -0.347 e. The van der Waals surface area contributed by atoms with E-state index in [9.17, 15) is 4.79 Å². The molecule has 1 amide bonds. The molecule has 0 spiro atoms. The number of fused-ring (bicyclic) bond motifs is 2. The molecule has 0 unspecified atom stereocenters. The molecule has 2 fully saturated rings. The van der Waals surface area contributed by atoms with Crippen LogP contribution in [0.5, 0.6) is 0 Å². The number of nitrogens with one attached hydrogen (secondary N) is 1. The lowest BCUT2D eigenvalue weighted by molar-refractivity contribution is 0.0932. The van der Waals surface area contributed by atoms with Gasteiger partial charge in [0.25, 0.3) is 5.91 Å². The quantitative estimate of drug-likeness (QED) is 0.893. The topological polar surface area (TPSA) is 75.9 Å². The maximum absolute atomic E-state index is 12.3. The van der Waals surface area contributed by atoms with Crippen LogP contribution in [-0.2, 0) is 19.5 Å². The molecule has 2 aliphatic heterocycles. The van der Waals surface area contributed by atoms with Crippen LogP contribution in [0.25, 0.3) is 0 Å². The van der Waals surface area contributed by atoms with E-state index in [4.69, 9.17) is 0 Å². The molecular formula is C16H20N6OS.